The van der Waals surface area contributed by atoms with Crippen LogP contribution in [0.2, 0.25) is 39.3 Å². The summed E-state index contributed by atoms with van der Waals surface area (Å²) < 4.78 is 29.6. The normalized spacial score (nSPS) is 14.6. The molecular formula is C26H35NO8Si2. The molecule has 11 heteroatoms. The van der Waals surface area contributed by atoms with E-state index < -0.39 is 39.8 Å². The molecular weight excluding hydrogens is 510 g/mol. The van der Waals surface area contributed by atoms with Crippen molar-refractivity contribution in [1.82, 2.24) is 0 Å². The van der Waals surface area contributed by atoms with Crippen molar-refractivity contribution in [2.75, 3.05) is 32.7 Å². The number of anilines is 1. The van der Waals surface area contributed by atoms with Gasteiger partial charge >= 0.3 is 17.9 Å². The summed E-state index contributed by atoms with van der Waals surface area (Å²) >= 11 is 0. The van der Waals surface area contributed by atoms with Gasteiger partial charge in [-0.15, -0.1) is 0 Å². The first-order chi connectivity index (χ1) is 17.2. The van der Waals surface area contributed by atoms with E-state index in [0.29, 0.717) is 11.4 Å². The Morgan fingerprint density at radius 3 is 1.65 bits per heavy atom. The second kappa shape index (κ2) is 9.86. The van der Waals surface area contributed by atoms with Crippen LogP contribution in [0, 0.1) is 0 Å². The monoisotopic (exact) mass is 545 g/mol. The van der Waals surface area contributed by atoms with Crippen LogP contribution < -0.4 is 8.97 Å². The van der Waals surface area contributed by atoms with Crippen LogP contribution >= 0.6 is 0 Å². The maximum absolute atomic E-state index is 13.6. The molecule has 0 bridgehead atoms. The minimum atomic E-state index is -2.08. The summed E-state index contributed by atoms with van der Waals surface area (Å²) in [5.74, 6) is -2.01. The van der Waals surface area contributed by atoms with Gasteiger partial charge in [0.25, 0.3) is 5.95 Å². The molecule has 1 aliphatic rings. The molecule has 1 aromatic heterocycles. The van der Waals surface area contributed by atoms with E-state index in [2.05, 4.69) is 43.5 Å². The molecule has 0 saturated carbocycles. The molecule has 1 aliphatic carbocycles. The maximum Gasteiger partial charge on any atom is 0.336 e. The lowest BCUT2D eigenvalue weighted by molar-refractivity contribution is -0.146. The fourth-order valence-corrected chi connectivity index (χ4v) is 14.8. The number of carbonyl (C=O) groups excluding carboxylic acids is 3. The SMILES string of the molecule is COC(=O)C1=C(C(=O)OC)C1(C(=O)OC)c1c(OC)oc(N([Si](C)(C)C)[Si](C)(C)C)c1-c1ccccc1. The minimum Gasteiger partial charge on any atom is -0.468 e. The van der Waals surface area contributed by atoms with E-state index in [1.807, 2.05) is 30.3 Å². The predicted octanol–water partition coefficient (Wildman–Crippen LogP) is 4.50. The van der Waals surface area contributed by atoms with Crippen LogP contribution in [-0.2, 0) is 34.0 Å². The van der Waals surface area contributed by atoms with Gasteiger partial charge in [0.1, 0.15) is 16.5 Å². The number of carbonyl (C=O) groups is 3. The van der Waals surface area contributed by atoms with E-state index in [4.69, 9.17) is 23.4 Å². The van der Waals surface area contributed by atoms with E-state index in [0.717, 1.165) is 5.56 Å². The Kier molecular flexibility index (Phi) is 7.53. The number of ether oxygens (including phenoxy) is 4. The number of nitrogens with zero attached hydrogens (tertiary/aromatic N) is 1. The molecule has 1 heterocycles. The number of esters is 3. The molecule has 0 aliphatic heterocycles. The van der Waals surface area contributed by atoms with Crippen molar-refractivity contribution in [3.63, 3.8) is 0 Å². The van der Waals surface area contributed by atoms with Crippen molar-refractivity contribution >= 4 is 40.3 Å². The molecule has 0 saturated heterocycles. The van der Waals surface area contributed by atoms with Crippen molar-refractivity contribution in [3.8, 4) is 17.1 Å². The molecule has 0 unspecified atom stereocenters. The number of hydrogen-bond acceptors (Lipinski definition) is 9. The first kappa shape index (κ1) is 28.3. The topological polar surface area (TPSA) is 105 Å². The number of rotatable bonds is 9. The van der Waals surface area contributed by atoms with Crippen LogP contribution in [-0.4, -0.2) is 62.8 Å². The molecule has 0 fully saturated rings. The fraction of sp³-hybridized carbons (Fsp3) is 0.423. The summed E-state index contributed by atoms with van der Waals surface area (Å²) in [6.07, 6.45) is 0. The van der Waals surface area contributed by atoms with Crippen molar-refractivity contribution in [1.29, 1.82) is 0 Å². The van der Waals surface area contributed by atoms with Crippen LogP contribution in [0.25, 0.3) is 11.1 Å². The third kappa shape index (κ3) is 4.50. The Morgan fingerprint density at radius 2 is 1.27 bits per heavy atom. The third-order valence-corrected chi connectivity index (χ3v) is 13.3. The van der Waals surface area contributed by atoms with Crippen LogP contribution in [0.3, 0.4) is 0 Å². The van der Waals surface area contributed by atoms with E-state index >= 15 is 0 Å². The molecule has 0 amide bonds. The zero-order chi connectivity index (χ0) is 27.9. The maximum atomic E-state index is 13.6. The quantitative estimate of drug-likeness (QED) is 0.256. The number of furan rings is 1. The molecule has 37 heavy (non-hydrogen) atoms. The summed E-state index contributed by atoms with van der Waals surface area (Å²) in [4.78, 5) is 39.5. The fourth-order valence-electron chi connectivity index (χ4n) is 5.23. The summed E-state index contributed by atoms with van der Waals surface area (Å²) in [6, 6.07) is 9.37. The molecule has 9 nitrogen and oxygen atoms in total. The highest BCUT2D eigenvalue weighted by Crippen LogP contribution is 2.63. The number of hydrogen-bond donors (Lipinski definition) is 0. The second-order valence-corrected chi connectivity index (χ2v) is 20.7. The highest BCUT2D eigenvalue weighted by atomic mass is 28.4. The summed E-state index contributed by atoms with van der Waals surface area (Å²) in [5, 5.41) is 0. The summed E-state index contributed by atoms with van der Waals surface area (Å²) in [6.45, 7) is 13.2. The van der Waals surface area contributed by atoms with Crippen molar-refractivity contribution in [2.24, 2.45) is 0 Å². The highest BCUT2D eigenvalue weighted by Gasteiger charge is 2.71. The molecule has 200 valence electrons. The smallest absolute Gasteiger partial charge is 0.336 e. The molecule has 0 radical (unpaired) electrons. The Hall–Kier alpha value is -3.32. The van der Waals surface area contributed by atoms with E-state index in [-0.39, 0.29) is 22.7 Å². The zero-order valence-corrected chi connectivity index (χ0v) is 25.1. The molecule has 1 aromatic carbocycles. The Morgan fingerprint density at radius 1 is 0.784 bits per heavy atom. The highest BCUT2D eigenvalue weighted by molar-refractivity contribution is 6.99. The van der Waals surface area contributed by atoms with Gasteiger partial charge in [0.05, 0.1) is 50.7 Å². The van der Waals surface area contributed by atoms with Crippen molar-refractivity contribution in [2.45, 2.75) is 44.7 Å². The van der Waals surface area contributed by atoms with Gasteiger partial charge < -0.3 is 27.6 Å². The average Bonchev–Trinajstić information content (AvgIpc) is 3.40. The first-order valence-corrected chi connectivity index (χ1v) is 18.7. The molecule has 0 N–H and O–H groups in total. The van der Waals surface area contributed by atoms with Gasteiger partial charge in [0.15, 0.2) is 11.3 Å². The van der Waals surface area contributed by atoms with Gasteiger partial charge in [-0.25, -0.2) is 9.59 Å². The van der Waals surface area contributed by atoms with Crippen LogP contribution in [0.1, 0.15) is 5.56 Å². The second-order valence-electron chi connectivity index (χ2n) is 10.7. The summed E-state index contributed by atoms with van der Waals surface area (Å²) in [5.41, 5.74) is -0.756. The third-order valence-electron chi connectivity index (χ3n) is 6.23. The largest absolute Gasteiger partial charge is 0.468 e. The molecule has 3 rings (SSSR count). The Balaban J connectivity index is 2.55. The predicted molar refractivity (Wildman–Crippen MR) is 145 cm³/mol. The van der Waals surface area contributed by atoms with Gasteiger partial charge in [-0.2, -0.15) is 0 Å². The average molecular weight is 546 g/mol. The van der Waals surface area contributed by atoms with E-state index in [1.54, 1.807) is 0 Å². The molecule has 0 atom stereocenters. The molecule has 0 spiro atoms. The molecule has 2 aromatic rings. The van der Waals surface area contributed by atoms with Gasteiger partial charge in [-0.3, -0.25) is 4.79 Å². The standard InChI is InChI=1S/C26H35NO8Si2/c1-31-22(28)19-20(23(29)32-2)26(19,25(30)34-4)18-17(16-14-12-11-13-15-16)21(35-24(18)33-3)27(36(5,6)7)37(8,9)10/h11-15H,1-10H3. The first-order valence-electron chi connectivity index (χ1n) is 11.8. The van der Waals surface area contributed by atoms with Gasteiger partial charge in [0.2, 0.25) is 0 Å². The number of methoxy groups -OCH3 is 4. The number of benzene rings is 1. The Bertz CT molecular complexity index is 1210. The lowest BCUT2D eigenvalue weighted by atomic mass is 9.84. The Labute approximate surface area is 219 Å². The summed E-state index contributed by atoms with van der Waals surface area (Å²) in [7, 11) is 0.801. The van der Waals surface area contributed by atoms with Crippen LogP contribution in [0.4, 0.5) is 5.88 Å². The van der Waals surface area contributed by atoms with Gasteiger partial charge in [-0.1, -0.05) is 69.6 Å². The minimum absolute atomic E-state index is 0.000981. The van der Waals surface area contributed by atoms with Crippen molar-refractivity contribution < 1.29 is 37.7 Å². The van der Waals surface area contributed by atoms with Crippen LogP contribution in [0.15, 0.2) is 45.9 Å². The van der Waals surface area contributed by atoms with Gasteiger partial charge in [0, 0.05) is 0 Å². The van der Waals surface area contributed by atoms with E-state index in [9.17, 15) is 14.4 Å². The van der Waals surface area contributed by atoms with Gasteiger partial charge in [-0.05, 0) is 5.56 Å². The lowest BCUT2D eigenvalue weighted by Crippen LogP contribution is -2.59. The van der Waals surface area contributed by atoms with Crippen molar-refractivity contribution in [3.05, 3.63) is 47.0 Å². The van der Waals surface area contributed by atoms with E-state index in [1.165, 1.54) is 28.4 Å². The zero-order valence-electron chi connectivity index (χ0n) is 23.1. The van der Waals surface area contributed by atoms with Crippen LogP contribution in [0.5, 0.6) is 5.95 Å². The lowest BCUT2D eigenvalue weighted by Gasteiger charge is -2.44.